The number of benzene rings is 2. The van der Waals surface area contributed by atoms with Crippen LogP contribution in [-0.2, 0) is 6.61 Å². The van der Waals surface area contributed by atoms with E-state index in [0.717, 1.165) is 5.56 Å². The van der Waals surface area contributed by atoms with Gasteiger partial charge in [-0.15, -0.1) is 0 Å². The Balaban J connectivity index is 1.67. The van der Waals surface area contributed by atoms with E-state index in [0.29, 0.717) is 28.3 Å². The Morgan fingerprint density at radius 2 is 1.96 bits per heavy atom. The zero-order valence-corrected chi connectivity index (χ0v) is 13.8. The largest absolute Gasteiger partial charge is 0.618 e. The Labute approximate surface area is 150 Å². The van der Waals surface area contributed by atoms with Gasteiger partial charge in [-0.05, 0) is 35.9 Å². The zero-order valence-electron chi connectivity index (χ0n) is 13.8. The maximum absolute atomic E-state index is 12.2. The van der Waals surface area contributed by atoms with Crippen molar-refractivity contribution in [3.63, 3.8) is 0 Å². The maximum Gasteiger partial charge on any atom is 0.321 e. The summed E-state index contributed by atoms with van der Waals surface area (Å²) in [4.78, 5) is 12.2. The lowest BCUT2D eigenvalue weighted by atomic mass is 10.1. The summed E-state index contributed by atoms with van der Waals surface area (Å²) in [6.45, 7) is 0.298. The fourth-order valence-electron chi connectivity index (χ4n) is 2.36. The first-order chi connectivity index (χ1) is 12.7. The zero-order chi connectivity index (χ0) is 18.4. The number of hydrogen-bond acceptors (Lipinski definition) is 4. The van der Waals surface area contributed by atoms with Gasteiger partial charge in [-0.3, -0.25) is 4.79 Å². The van der Waals surface area contributed by atoms with E-state index in [1.807, 2.05) is 6.07 Å². The van der Waals surface area contributed by atoms with Crippen molar-refractivity contribution >= 4 is 11.6 Å². The van der Waals surface area contributed by atoms with Crippen LogP contribution in [0.3, 0.4) is 0 Å². The second-order valence-electron chi connectivity index (χ2n) is 5.49. The van der Waals surface area contributed by atoms with Crippen molar-refractivity contribution in [1.29, 1.82) is 5.26 Å². The highest BCUT2D eigenvalue weighted by atomic mass is 16.5. The summed E-state index contributed by atoms with van der Waals surface area (Å²) in [6.07, 6.45) is 1.27. The van der Waals surface area contributed by atoms with Crippen molar-refractivity contribution < 1.29 is 14.3 Å². The van der Waals surface area contributed by atoms with Crippen molar-refractivity contribution in [3.05, 3.63) is 95.0 Å². The number of nitriles is 1. The molecule has 0 aliphatic heterocycles. The Morgan fingerprint density at radius 3 is 2.77 bits per heavy atom. The summed E-state index contributed by atoms with van der Waals surface area (Å²) in [6, 6.07) is 20.8. The van der Waals surface area contributed by atoms with Gasteiger partial charge in [0.2, 0.25) is 0 Å². The SMILES string of the molecule is N#Cc1cccc(COc2cccc(NC(=O)c3cccc[n+]3[O-])c2)c1. The van der Waals surface area contributed by atoms with E-state index in [9.17, 15) is 10.0 Å². The average Bonchev–Trinajstić information content (AvgIpc) is 2.67. The van der Waals surface area contributed by atoms with Gasteiger partial charge in [0.1, 0.15) is 12.4 Å². The Bertz CT molecular complexity index is 980. The lowest BCUT2D eigenvalue weighted by Gasteiger charge is -2.09. The standard InChI is InChI=1S/C20H15N3O3/c21-13-15-5-3-6-16(11-15)14-26-18-8-4-7-17(12-18)22-20(24)19-9-1-2-10-23(19)25/h1-12H,14H2,(H,22,24). The molecule has 1 aromatic heterocycles. The number of carbonyl (C=O) groups is 1. The lowest BCUT2D eigenvalue weighted by molar-refractivity contribution is -0.607. The third kappa shape index (κ3) is 4.16. The molecule has 0 radical (unpaired) electrons. The minimum atomic E-state index is -0.500. The molecule has 0 saturated heterocycles. The number of carbonyl (C=O) groups excluding carboxylic acids is 1. The van der Waals surface area contributed by atoms with Crippen molar-refractivity contribution in [2.24, 2.45) is 0 Å². The van der Waals surface area contributed by atoms with Crippen molar-refractivity contribution in [2.75, 3.05) is 5.32 Å². The first-order valence-electron chi connectivity index (χ1n) is 7.87. The quantitative estimate of drug-likeness (QED) is 0.568. The molecular weight excluding hydrogens is 330 g/mol. The van der Waals surface area contributed by atoms with Crippen LogP contribution >= 0.6 is 0 Å². The number of rotatable bonds is 5. The first-order valence-corrected chi connectivity index (χ1v) is 7.87. The van der Waals surface area contributed by atoms with Crippen LogP contribution in [0.1, 0.15) is 21.6 Å². The van der Waals surface area contributed by atoms with Crippen LogP contribution in [0.4, 0.5) is 5.69 Å². The van der Waals surface area contributed by atoms with E-state index in [-0.39, 0.29) is 5.69 Å². The minimum absolute atomic E-state index is 0.00661. The number of nitrogens with zero attached hydrogens (tertiary/aromatic N) is 2. The molecule has 1 heterocycles. The van der Waals surface area contributed by atoms with Gasteiger partial charge in [-0.1, -0.05) is 18.2 Å². The number of anilines is 1. The van der Waals surface area contributed by atoms with Crippen LogP contribution in [0.2, 0.25) is 0 Å². The van der Waals surface area contributed by atoms with Gasteiger partial charge in [0.25, 0.3) is 5.69 Å². The molecule has 0 saturated carbocycles. The molecule has 3 rings (SSSR count). The molecule has 0 spiro atoms. The van der Waals surface area contributed by atoms with Crippen LogP contribution in [0.5, 0.6) is 5.75 Å². The van der Waals surface area contributed by atoms with Crippen LogP contribution in [0, 0.1) is 16.5 Å². The van der Waals surface area contributed by atoms with Gasteiger partial charge in [0.15, 0.2) is 6.20 Å². The molecule has 2 aromatic carbocycles. The highest BCUT2D eigenvalue weighted by Crippen LogP contribution is 2.19. The third-order valence-electron chi connectivity index (χ3n) is 3.61. The molecule has 0 bridgehead atoms. The van der Waals surface area contributed by atoms with Crippen LogP contribution in [0.25, 0.3) is 0 Å². The fraction of sp³-hybridized carbons (Fsp3) is 0.0500. The number of nitrogens with one attached hydrogen (secondary N) is 1. The van der Waals surface area contributed by atoms with Crippen LogP contribution in [0.15, 0.2) is 72.9 Å². The van der Waals surface area contributed by atoms with Crippen molar-refractivity contribution in [2.45, 2.75) is 6.61 Å². The maximum atomic E-state index is 12.2. The third-order valence-corrected chi connectivity index (χ3v) is 3.61. The molecule has 1 N–H and O–H groups in total. The van der Waals surface area contributed by atoms with E-state index >= 15 is 0 Å². The minimum Gasteiger partial charge on any atom is -0.618 e. The second kappa shape index (κ2) is 7.81. The summed E-state index contributed by atoms with van der Waals surface area (Å²) in [5.74, 6) is 0.0627. The first kappa shape index (κ1) is 17.0. The molecular formula is C20H15N3O3. The van der Waals surface area contributed by atoms with E-state index in [1.54, 1.807) is 54.6 Å². The summed E-state index contributed by atoms with van der Waals surface area (Å²) >= 11 is 0. The van der Waals surface area contributed by atoms with E-state index in [2.05, 4.69) is 11.4 Å². The number of amides is 1. The van der Waals surface area contributed by atoms with Gasteiger partial charge in [0, 0.05) is 23.9 Å². The number of pyridine rings is 1. The highest BCUT2D eigenvalue weighted by molar-refractivity contribution is 6.01. The lowest BCUT2D eigenvalue weighted by Crippen LogP contribution is -2.36. The molecule has 0 aliphatic carbocycles. The molecule has 1 amide bonds. The van der Waals surface area contributed by atoms with E-state index < -0.39 is 5.91 Å². The number of ether oxygens (including phenoxy) is 1. The second-order valence-corrected chi connectivity index (χ2v) is 5.49. The fourth-order valence-corrected chi connectivity index (χ4v) is 2.36. The normalized spacial score (nSPS) is 9.96. The average molecular weight is 345 g/mol. The highest BCUT2D eigenvalue weighted by Gasteiger charge is 2.15. The Kier molecular flexibility index (Phi) is 5.11. The van der Waals surface area contributed by atoms with Gasteiger partial charge in [-0.2, -0.15) is 9.99 Å². The number of hydrogen-bond donors (Lipinski definition) is 1. The van der Waals surface area contributed by atoms with E-state index in [1.165, 1.54) is 12.3 Å². The smallest absolute Gasteiger partial charge is 0.321 e. The van der Waals surface area contributed by atoms with Crippen LogP contribution < -0.4 is 14.8 Å². The Hall–Kier alpha value is -3.85. The van der Waals surface area contributed by atoms with Crippen LogP contribution in [-0.4, -0.2) is 5.91 Å². The van der Waals surface area contributed by atoms with Crippen molar-refractivity contribution in [1.82, 2.24) is 0 Å². The van der Waals surface area contributed by atoms with Gasteiger partial charge >= 0.3 is 5.91 Å². The molecule has 0 aliphatic rings. The molecule has 6 heteroatoms. The topological polar surface area (TPSA) is 89.1 Å². The summed E-state index contributed by atoms with van der Waals surface area (Å²) in [5, 5.41) is 23.2. The van der Waals surface area contributed by atoms with Gasteiger partial charge < -0.3 is 15.3 Å². The van der Waals surface area contributed by atoms with E-state index in [4.69, 9.17) is 10.00 Å². The predicted octanol–water partition coefficient (Wildman–Crippen LogP) is 3.02. The molecule has 26 heavy (non-hydrogen) atoms. The molecule has 0 fully saturated rings. The monoisotopic (exact) mass is 345 g/mol. The summed E-state index contributed by atoms with van der Waals surface area (Å²) < 4.78 is 6.23. The molecule has 0 atom stereocenters. The number of aromatic nitrogens is 1. The Morgan fingerprint density at radius 1 is 1.12 bits per heavy atom. The molecule has 3 aromatic rings. The van der Waals surface area contributed by atoms with Gasteiger partial charge in [0.05, 0.1) is 11.6 Å². The predicted molar refractivity (Wildman–Crippen MR) is 95.3 cm³/mol. The summed E-state index contributed by atoms with van der Waals surface area (Å²) in [7, 11) is 0. The molecule has 0 unspecified atom stereocenters. The summed E-state index contributed by atoms with van der Waals surface area (Å²) in [5.41, 5.74) is 1.96. The van der Waals surface area contributed by atoms with Crippen molar-refractivity contribution in [3.8, 4) is 11.8 Å². The molecule has 6 nitrogen and oxygen atoms in total. The molecule has 128 valence electrons. The van der Waals surface area contributed by atoms with Gasteiger partial charge in [-0.25, -0.2) is 0 Å².